The second-order valence-electron chi connectivity index (χ2n) is 5.24. The van der Waals surface area contributed by atoms with Crippen molar-refractivity contribution in [3.05, 3.63) is 34.1 Å². The van der Waals surface area contributed by atoms with E-state index in [1.54, 1.807) is 0 Å². The third kappa shape index (κ3) is 2.33. The molecule has 3 nitrogen and oxygen atoms in total. The van der Waals surface area contributed by atoms with E-state index >= 15 is 0 Å². The van der Waals surface area contributed by atoms with Gasteiger partial charge >= 0.3 is 0 Å². The third-order valence-corrected chi connectivity index (χ3v) is 3.24. The Balaban J connectivity index is 2.81. The summed E-state index contributed by atoms with van der Waals surface area (Å²) in [5.74, 6) is 5.62. The van der Waals surface area contributed by atoms with Crippen molar-refractivity contribution in [3.63, 3.8) is 0 Å². The van der Waals surface area contributed by atoms with E-state index in [9.17, 15) is 4.39 Å². The van der Waals surface area contributed by atoms with Gasteiger partial charge in [0.2, 0.25) is 0 Å². The number of aromatic nitrogens is 1. The summed E-state index contributed by atoms with van der Waals surface area (Å²) in [6.07, 6.45) is 0. The van der Waals surface area contributed by atoms with Crippen molar-refractivity contribution in [1.29, 1.82) is 0 Å². The summed E-state index contributed by atoms with van der Waals surface area (Å²) in [7, 11) is 0. The maximum atomic E-state index is 13.8. The number of benzene rings is 1. The molecule has 3 N–H and O–H groups in total. The van der Waals surface area contributed by atoms with Gasteiger partial charge in [-0.2, -0.15) is 0 Å². The van der Waals surface area contributed by atoms with Gasteiger partial charge in [0.25, 0.3) is 0 Å². The van der Waals surface area contributed by atoms with Crippen LogP contribution in [0.15, 0.2) is 22.7 Å². The number of hydrazine groups is 1. The van der Waals surface area contributed by atoms with Gasteiger partial charge in [0.15, 0.2) is 5.82 Å². The molecule has 96 valence electrons. The van der Waals surface area contributed by atoms with Gasteiger partial charge in [0.05, 0.1) is 0 Å². The molecule has 0 fully saturated rings. The summed E-state index contributed by atoms with van der Waals surface area (Å²) in [5.41, 5.74) is 3.70. The number of nitrogens with one attached hydrogen (secondary N) is 1. The molecule has 0 saturated carbocycles. The molecule has 0 amide bonds. The highest BCUT2D eigenvalue weighted by Gasteiger charge is 2.20. The van der Waals surface area contributed by atoms with E-state index in [4.69, 9.17) is 5.84 Å². The molecule has 5 heteroatoms. The molecule has 0 aliphatic carbocycles. The minimum atomic E-state index is -0.365. The van der Waals surface area contributed by atoms with E-state index in [1.807, 2.05) is 12.1 Å². The molecule has 1 heterocycles. The zero-order chi connectivity index (χ0) is 13.5. The summed E-state index contributed by atoms with van der Waals surface area (Å²) < 4.78 is 14.5. The number of nitrogens with zero attached hydrogens (tertiary/aromatic N) is 1. The molecule has 1 aromatic carbocycles. The van der Waals surface area contributed by atoms with Crippen LogP contribution in [0.3, 0.4) is 0 Å². The minimum absolute atomic E-state index is 0.123. The van der Waals surface area contributed by atoms with E-state index in [0.717, 1.165) is 10.9 Å². The second kappa shape index (κ2) is 4.48. The van der Waals surface area contributed by atoms with Crippen molar-refractivity contribution in [3.8, 4) is 0 Å². The maximum absolute atomic E-state index is 13.8. The first-order valence-electron chi connectivity index (χ1n) is 5.60. The first kappa shape index (κ1) is 13.2. The highest BCUT2D eigenvalue weighted by Crippen LogP contribution is 2.32. The number of hydrogen-bond donors (Lipinski definition) is 2. The number of nitrogens with two attached hydrogens (primary N) is 1. The Morgan fingerprint density at radius 2 is 1.94 bits per heavy atom. The van der Waals surface area contributed by atoms with E-state index in [0.29, 0.717) is 15.8 Å². The molecule has 0 aliphatic rings. The Morgan fingerprint density at radius 3 is 2.50 bits per heavy atom. The molecule has 0 spiro atoms. The van der Waals surface area contributed by atoms with E-state index in [-0.39, 0.29) is 11.2 Å². The first-order valence-corrected chi connectivity index (χ1v) is 6.39. The van der Waals surface area contributed by atoms with Crippen molar-refractivity contribution in [1.82, 2.24) is 4.98 Å². The van der Waals surface area contributed by atoms with Crippen molar-refractivity contribution in [2.24, 2.45) is 5.84 Å². The summed E-state index contributed by atoms with van der Waals surface area (Å²) in [6, 6.07) is 5.17. The van der Waals surface area contributed by atoms with Gasteiger partial charge in [-0.25, -0.2) is 15.2 Å². The fraction of sp³-hybridized carbons (Fsp3) is 0.308. The number of rotatable bonds is 1. The molecule has 0 aliphatic heterocycles. The summed E-state index contributed by atoms with van der Waals surface area (Å²) >= 11 is 3.29. The maximum Gasteiger partial charge on any atom is 0.150 e. The quantitative estimate of drug-likeness (QED) is 0.623. The number of fused-ring (bicyclic) bond motifs is 1. The lowest BCUT2D eigenvalue weighted by Gasteiger charge is -2.22. The largest absolute Gasteiger partial charge is 0.308 e. The number of halogens is 2. The van der Waals surface area contributed by atoms with Crippen molar-refractivity contribution < 1.29 is 4.39 Å². The molecule has 2 rings (SSSR count). The molecular weight excluding hydrogens is 297 g/mol. The summed E-state index contributed by atoms with van der Waals surface area (Å²) in [4.78, 5) is 4.27. The average Bonchev–Trinajstić information content (AvgIpc) is 2.26. The number of anilines is 1. The fourth-order valence-corrected chi connectivity index (χ4v) is 2.34. The Labute approximate surface area is 114 Å². The Bertz CT molecular complexity index is 605. The Hall–Kier alpha value is -1.20. The molecule has 0 atom stereocenters. The second-order valence-corrected chi connectivity index (χ2v) is 6.15. The van der Waals surface area contributed by atoms with Crippen LogP contribution in [0.4, 0.5) is 10.2 Å². The summed E-state index contributed by atoms with van der Waals surface area (Å²) in [6.45, 7) is 6.18. The van der Waals surface area contributed by atoms with Gasteiger partial charge in [-0.15, -0.1) is 0 Å². The zero-order valence-corrected chi connectivity index (χ0v) is 12.1. The lowest BCUT2D eigenvalue weighted by molar-refractivity contribution is 0.589. The smallest absolute Gasteiger partial charge is 0.150 e. The van der Waals surface area contributed by atoms with Crippen LogP contribution in [0, 0.1) is 5.82 Å². The topological polar surface area (TPSA) is 50.9 Å². The highest BCUT2D eigenvalue weighted by atomic mass is 79.9. The number of pyridine rings is 1. The highest BCUT2D eigenvalue weighted by molar-refractivity contribution is 9.10. The Kier molecular flexibility index (Phi) is 3.29. The number of nitrogen functional groups attached to an aromatic ring is 1. The van der Waals surface area contributed by atoms with Crippen LogP contribution in [0.5, 0.6) is 0 Å². The van der Waals surface area contributed by atoms with Gasteiger partial charge in [0.1, 0.15) is 11.3 Å². The lowest BCUT2D eigenvalue weighted by Crippen LogP contribution is -2.19. The Morgan fingerprint density at radius 1 is 1.28 bits per heavy atom. The van der Waals surface area contributed by atoms with Gasteiger partial charge in [0, 0.05) is 15.4 Å². The SMILES string of the molecule is CC(C)(C)c1cc2cc(Br)cc(F)c2nc1NN. The van der Waals surface area contributed by atoms with Crippen LogP contribution < -0.4 is 11.3 Å². The van der Waals surface area contributed by atoms with Crippen molar-refractivity contribution in [2.45, 2.75) is 26.2 Å². The predicted molar refractivity (Wildman–Crippen MR) is 75.9 cm³/mol. The van der Waals surface area contributed by atoms with E-state index in [1.165, 1.54) is 6.07 Å². The average molecular weight is 312 g/mol. The van der Waals surface area contributed by atoms with Crippen LogP contribution in [-0.4, -0.2) is 4.98 Å². The van der Waals surface area contributed by atoms with Crippen molar-refractivity contribution in [2.75, 3.05) is 5.43 Å². The molecule has 18 heavy (non-hydrogen) atoms. The van der Waals surface area contributed by atoms with Gasteiger partial charge in [-0.1, -0.05) is 36.7 Å². The molecule has 1 aromatic heterocycles. The van der Waals surface area contributed by atoms with Crippen LogP contribution in [-0.2, 0) is 5.41 Å². The molecule has 0 bridgehead atoms. The summed E-state index contributed by atoms with van der Waals surface area (Å²) in [5, 5.41) is 0.755. The van der Waals surface area contributed by atoms with Crippen LogP contribution in [0.1, 0.15) is 26.3 Å². The van der Waals surface area contributed by atoms with Crippen molar-refractivity contribution >= 4 is 32.7 Å². The van der Waals surface area contributed by atoms with Gasteiger partial charge < -0.3 is 5.43 Å². The van der Waals surface area contributed by atoms with Gasteiger partial charge in [-0.3, -0.25) is 0 Å². The monoisotopic (exact) mass is 311 g/mol. The third-order valence-electron chi connectivity index (χ3n) is 2.78. The van der Waals surface area contributed by atoms with E-state index in [2.05, 4.69) is 47.1 Å². The normalized spacial score (nSPS) is 11.9. The van der Waals surface area contributed by atoms with E-state index < -0.39 is 0 Å². The molecule has 0 unspecified atom stereocenters. The van der Waals surface area contributed by atoms with Crippen LogP contribution in [0.2, 0.25) is 0 Å². The predicted octanol–water partition coefficient (Wildman–Crippen LogP) is 3.72. The number of hydrogen-bond acceptors (Lipinski definition) is 3. The zero-order valence-electron chi connectivity index (χ0n) is 10.5. The molecule has 2 aromatic rings. The van der Waals surface area contributed by atoms with Gasteiger partial charge in [-0.05, 0) is 23.6 Å². The standard InChI is InChI=1S/C13H15BrFN3/c1-13(2,3)9-5-7-4-8(14)6-10(15)11(7)17-12(9)18-16/h4-6H,16H2,1-3H3,(H,17,18). The minimum Gasteiger partial charge on any atom is -0.308 e. The fourth-order valence-electron chi connectivity index (χ4n) is 1.89. The van der Waals surface area contributed by atoms with Crippen LogP contribution in [0.25, 0.3) is 10.9 Å². The molecule has 0 saturated heterocycles. The van der Waals surface area contributed by atoms with Crippen LogP contribution >= 0.6 is 15.9 Å². The lowest BCUT2D eigenvalue weighted by atomic mass is 9.86. The first-order chi connectivity index (χ1) is 8.32. The molecule has 0 radical (unpaired) electrons. The molecular formula is C13H15BrFN3.